The molecule has 1 aliphatic rings. The minimum absolute atomic E-state index is 0.0559. The zero-order chi connectivity index (χ0) is 19.5. The summed E-state index contributed by atoms with van der Waals surface area (Å²) in [6, 6.07) is 0.233. The Hall–Kier alpha value is -2.03. The number of nitrogens with one attached hydrogen (secondary N) is 2. The number of ether oxygens (including phenoxy) is 2. The monoisotopic (exact) mass is 371 g/mol. The Balaban J connectivity index is 2.61. The van der Waals surface area contributed by atoms with Crippen molar-refractivity contribution in [3.05, 3.63) is 0 Å². The minimum atomic E-state index is -0.261. The Kier molecular flexibility index (Phi) is 9.79. The van der Waals surface area contributed by atoms with Crippen molar-refractivity contribution < 1.29 is 19.1 Å². The van der Waals surface area contributed by atoms with E-state index in [1.165, 1.54) is 4.90 Å². The average Bonchev–Trinajstić information content (AvgIpc) is 2.60. The Labute approximate surface area is 156 Å². The molecule has 0 aromatic carbocycles. The van der Waals surface area contributed by atoms with E-state index in [4.69, 9.17) is 9.47 Å². The molecule has 1 unspecified atom stereocenters. The third kappa shape index (κ3) is 7.90. The Morgan fingerprint density at radius 3 is 2.50 bits per heavy atom. The van der Waals surface area contributed by atoms with E-state index in [-0.39, 0.29) is 30.6 Å². The van der Waals surface area contributed by atoms with Gasteiger partial charge in [-0.15, -0.1) is 0 Å². The topological polar surface area (TPSA) is 95.5 Å². The molecule has 1 atom stereocenters. The number of methoxy groups -OCH3 is 1. The maximum Gasteiger partial charge on any atom is 0.409 e. The Morgan fingerprint density at radius 1 is 1.31 bits per heavy atom. The molecule has 0 aliphatic carbocycles. The van der Waals surface area contributed by atoms with Crippen LogP contribution in [0.3, 0.4) is 0 Å². The zero-order valence-electron chi connectivity index (χ0n) is 16.6. The maximum absolute atomic E-state index is 11.8. The van der Waals surface area contributed by atoms with E-state index in [0.717, 1.165) is 12.8 Å². The van der Waals surface area contributed by atoms with Crippen molar-refractivity contribution in [2.24, 2.45) is 4.99 Å². The molecule has 150 valence electrons. The fraction of sp³-hybridized carbons (Fsp3) is 0.824. The number of hydrogen-bond donors (Lipinski definition) is 2. The molecule has 0 spiro atoms. The molecule has 0 bridgehead atoms. The Morgan fingerprint density at radius 2 is 1.96 bits per heavy atom. The van der Waals surface area contributed by atoms with Crippen LogP contribution in [-0.4, -0.2) is 93.9 Å². The highest BCUT2D eigenvalue weighted by Gasteiger charge is 2.24. The summed E-state index contributed by atoms with van der Waals surface area (Å²) in [7, 11) is 5.05. The molecule has 1 fully saturated rings. The van der Waals surface area contributed by atoms with Gasteiger partial charge in [0.25, 0.3) is 0 Å². The fourth-order valence-corrected chi connectivity index (χ4v) is 2.56. The quantitative estimate of drug-likeness (QED) is 0.493. The van der Waals surface area contributed by atoms with Crippen LogP contribution in [0.1, 0.15) is 26.7 Å². The van der Waals surface area contributed by atoms with Crippen LogP contribution >= 0.6 is 0 Å². The molecular formula is C17H33N5O4. The van der Waals surface area contributed by atoms with E-state index in [0.29, 0.717) is 32.3 Å². The number of guanidine groups is 1. The summed E-state index contributed by atoms with van der Waals surface area (Å²) in [4.78, 5) is 31.2. The van der Waals surface area contributed by atoms with Crippen LogP contribution in [0.25, 0.3) is 0 Å². The molecule has 2 N–H and O–H groups in total. The summed E-state index contributed by atoms with van der Waals surface area (Å²) < 4.78 is 10.2. The highest BCUT2D eigenvalue weighted by atomic mass is 16.6. The summed E-state index contributed by atoms with van der Waals surface area (Å²) in [5.74, 6) is 0.516. The fourth-order valence-electron chi connectivity index (χ4n) is 2.56. The predicted molar refractivity (Wildman–Crippen MR) is 100 cm³/mol. The number of amides is 2. The van der Waals surface area contributed by atoms with E-state index < -0.39 is 0 Å². The van der Waals surface area contributed by atoms with Crippen molar-refractivity contribution in [3.63, 3.8) is 0 Å². The van der Waals surface area contributed by atoms with Gasteiger partial charge in [-0.1, -0.05) is 0 Å². The lowest BCUT2D eigenvalue weighted by Gasteiger charge is -2.32. The molecule has 0 saturated carbocycles. The number of likely N-dealkylation sites (tertiary alicyclic amines) is 1. The van der Waals surface area contributed by atoms with Crippen LogP contribution in [0.5, 0.6) is 0 Å². The number of rotatable bonds is 7. The van der Waals surface area contributed by atoms with Gasteiger partial charge in [0.2, 0.25) is 5.91 Å². The van der Waals surface area contributed by atoms with E-state index in [2.05, 4.69) is 15.6 Å². The lowest BCUT2D eigenvalue weighted by Crippen LogP contribution is -2.52. The molecule has 1 aliphatic heterocycles. The first-order valence-electron chi connectivity index (χ1n) is 9.05. The van der Waals surface area contributed by atoms with Crippen molar-refractivity contribution in [1.82, 2.24) is 20.4 Å². The number of nitrogens with zero attached hydrogens (tertiary/aromatic N) is 3. The molecular weight excluding hydrogens is 338 g/mol. The van der Waals surface area contributed by atoms with Gasteiger partial charge >= 0.3 is 6.09 Å². The Bertz CT molecular complexity index is 476. The number of hydrogen-bond acceptors (Lipinski definition) is 5. The second-order valence-corrected chi connectivity index (χ2v) is 6.56. The summed E-state index contributed by atoms with van der Waals surface area (Å²) in [6.07, 6.45) is 1.32. The van der Waals surface area contributed by atoms with Crippen LogP contribution < -0.4 is 10.6 Å². The predicted octanol–water partition coefficient (Wildman–Crippen LogP) is 0.266. The second-order valence-electron chi connectivity index (χ2n) is 6.56. The molecule has 1 rings (SSSR count). The average molecular weight is 371 g/mol. The van der Waals surface area contributed by atoms with Gasteiger partial charge in [0.05, 0.1) is 13.2 Å². The zero-order valence-corrected chi connectivity index (χ0v) is 16.6. The van der Waals surface area contributed by atoms with Gasteiger partial charge in [0, 0.05) is 46.4 Å². The van der Waals surface area contributed by atoms with Crippen molar-refractivity contribution in [2.75, 3.05) is 54.1 Å². The van der Waals surface area contributed by atoms with Gasteiger partial charge in [-0.25, -0.2) is 9.79 Å². The largest absolute Gasteiger partial charge is 0.450 e. The van der Waals surface area contributed by atoms with Crippen molar-refractivity contribution in [3.8, 4) is 0 Å². The van der Waals surface area contributed by atoms with Gasteiger partial charge in [0.1, 0.15) is 6.54 Å². The van der Waals surface area contributed by atoms with E-state index in [9.17, 15) is 9.59 Å². The number of piperidine rings is 1. The van der Waals surface area contributed by atoms with Crippen molar-refractivity contribution in [1.29, 1.82) is 0 Å². The molecule has 9 nitrogen and oxygen atoms in total. The number of aliphatic imine (C=N–C) groups is 1. The molecule has 1 saturated heterocycles. The highest BCUT2D eigenvalue weighted by molar-refractivity contribution is 5.85. The third-order valence-electron chi connectivity index (χ3n) is 4.03. The molecule has 0 aromatic rings. The van der Waals surface area contributed by atoms with Gasteiger partial charge in [-0.3, -0.25) is 4.79 Å². The van der Waals surface area contributed by atoms with Crippen LogP contribution in [0.2, 0.25) is 0 Å². The molecule has 9 heteroatoms. The highest BCUT2D eigenvalue weighted by Crippen LogP contribution is 2.11. The third-order valence-corrected chi connectivity index (χ3v) is 4.03. The van der Waals surface area contributed by atoms with Crippen LogP contribution in [0.15, 0.2) is 4.99 Å². The smallest absolute Gasteiger partial charge is 0.409 e. The van der Waals surface area contributed by atoms with Gasteiger partial charge < -0.3 is 29.9 Å². The lowest BCUT2D eigenvalue weighted by molar-refractivity contribution is -0.127. The first-order chi connectivity index (χ1) is 12.4. The van der Waals surface area contributed by atoms with E-state index in [1.54, 1.807) is 33.0 Å². The normalized spacial score (nSPS) is 16.8. The van der Waals surface area contributed by atoms with Crippen LogP contribution in [0.4, 0.5) is 4.79 Å². The van der Waals surface area contributed by atoms with E-state index >= 15 is 0 Å². The molecule has 26 heavy (non-hydrogen) atoms. The molecule has 0 radical (unpaired) electrons. The summed E-state index contributed by atoms with van der Waals surface area (Å²) in [5.41, 5.74) is 0. The summed E-state index contributed by atoms with van der Waals surface area (Å²) >= 11 is 0. The van der Waals surface area contributed by atoms with Gasteiger partial charge in [-0.2, -0.15) is 0 Å². The molecule has 1 heterocycles. The van der Waals surface area contributed by atoms with Crippen molar-refractivity contribution >= 4 is 18.0 Å². The number of carbonyl (C=O) groups excluding carboxylic acids is 2. The SMILES string of the molecule is CCOC(=O)N1CCC(NC(=NCC(=O)N(C)C)NC(C)COC)CC1. The standard InChI is InChI=1S/C17H33N5O4/c1-6-26-17(24)22-9-7-14(8-10-22)20-16(19-13(2)12-25-5)18-11-15(23)21(3)4/h13-14H,6-12H2,1-5H3,(H2,18,19,20). The van der Waals surface area contributed by atoms with E-state index in [1.807, 2.05) is 6.92 Å². The molecule has 2 amide bonds. The van der Waals surface area contributed by atoms with Gasteiger partial charge in [-0.05, 0) is 26.7 Å². The van der Waals surface area contributed by atoms with Crippen LogP contribution in [-0.2, 0) is 14.3 Å². The number of carbonyl (C=O) groups is 2. The minimum Gasteiger partial charge on any atom is -0.450 e. The summed E-state index contributed by atoms with van der Waals surface area (Å²) in [6.45, 7) is 6.04. The van der Waals surface area contributed by atoms with Crippen molar-refractivity contribution in [2.45, 2.75) is 38.8 Å². The summed E-state index contributed by atoms with van der Waals surface area (Å²) in [5, 5.41) is 6.62. The number of likely N-dealkylation sites (N-methyl/N-ethyl adjacent to an activating group) is 1. The first kappa shape index (κ1) is 22.0. The lowest BCUT2D eigenvalue weighted by atomic mass is 10.1. The molecule has 0 aromatic heterocycles. The first-order valence-corrected chi connectivity index (χ1v) is 9.05. The van der Waals surface area contributed by atoms with Crippen LogP contribution in [0, 0.1) is 0 Å². The maximum atomic E-state index is 11.8. The second kappa shape index (κ2) is 11.6. The van der Waals surface area contributed by atoms with Gasteiger partial charge in [0.15, 0.2) is 5.96 Å².